The third-order valence-corrected chi connectivity index (χ3v) is 3.58. The van der Waals surface area contributed by atoms with Crippen molar-refractivity contribution in [1.29, 1.82) is 0 Å². The van der Waals surface area contributed by atoms with Gasteiger partial charge >= 0.3 is 0 Å². The third-order valence-electron chi connectivity index (χ3n) is 3.58. The van der Waals surface area contributed by atoms with Gasteiger partial charge in [0, 0.05) is 5.54 Å². The van der Waals surface area contributed by atoms with Gasteiger partial charge in [-0.3, -0.25) is 4.79 Å². The molecule has 17 heavy (non-hydrogen) atoms. The summed E-state index contributed by atoms with van der Waals surface area (Å²) < 4.78 is 0. The van der Waals surface area contributed by atoms with Gasteiger partial charge in [-0.05, 0) is 44.0 Å². The minimum absolute atomic E-state index is 0.0476. The molecule has 88 valence electrons. The first-order chi connectivity index (χ1) is 8.17. The quantitative estimate of drug-likeness (QED) is 0.779. The third kappa shape index (κ3) is 1.74. The summed E-state index contributed by atoms with van der Waals surface area (Å²) in [7, 11) is 0. The predicted octanol–water partition coefficient (Wildman–Crippen LogP) is 1.52. The zero-order chi connectivity index (χ0) is 11.9. The molecule has 3 rings (SSSR count). The second kappa shape index (κ2) is 3.67. The van der Waals surface area contributed by atoms with Crippen LogP contribution >= 0.6 is 0 Å². The van der Waals surface area contributed by atoms with E-state index in [4.69, 9.17) is 0 Å². The van der Waals surface area contributed by atoms with Gasteiger partial charge in [-0.25, -0.2) is 4.98 Å². The molecule has 1 atom stereocenters. The molecule has 0 radical (unpaired) electrons. The second-order valence-electron chi connectivity index (χ2n) is 4.84. The zero-order valence-corrected chi connectivity index (χ0v) is 9.79. The van der Waals surface area contributed by atoms with Crippen LogP contribution in [0.15, 0.2) is 29.2 Å². The number of fused-ring (bicyclic) bond motifs is 1. The van der Waals surface area contributed by atoms with Crippen molar-refractivity contribution in [3.05, 3.63) is 40.3 Å². The number of H-pyrrole nitrogens is 1. The van der Waals surface area contributed by atoms with Crippen LogP contribution in [0.5, 0.6) is 0 Å². The Balaban J connectivity index is 2.13. The number of benzene rings is 1. The van der Waals surface area contributed by atoms with Crippen molar-refractivity contribution < 1.29 is 0 Å². The fourth-order valence-corrected chi connectivity index (χ4v) is 2.52. The summed E-state index contributed by atoms with van der Waals surface area (Å²) in [6, 6.07) is 6.06. The summed E-state index contributed by atoms with van der Waals surface area (Å²) >= 11 is 0. The molecular formula is C13H15N3O. The van der Waals surface area contributed by atoms with E-state index in [0.29, 0.717) is 0 Å². The molecule has 1 aromatic carbocycles. The predicted molar refractivity (Wildman–Crippen MR) is 67.0 cm³/mol. The maximum absolute atomic E-state index is 11.2. The highest BCUT2D eigenvalue weighted by Crippen LogP contribution is 2.31. The molecule has 0 saturated carbocycles. The average molecular weight is 229 g/mol. The summed E-state index contributed by atoms with van der Waals surface area (Å²) in [5.74, 6) is 0. The lowest BCUT2D eigenvalue weighted by Gasteiger charge is -2.25. The molecule has 1 saturated heterocycles. The molecule has 1 fully saturated rings. The van der Waals surface area contributed by atoms with Crippen LogP contribution < -0.4 is 10.9 Å². The van der Waals surface area contributed by atoms with Crippen molar-refractivity contribution >= 4 is 11.0 Å². The molecular weight excluding hydrogens is 214 g/mol. The molecule has 2 N–H and O–H groups in total. The molecule has 4 nitrogen and oxygen atoms in total. The van der Waals surface area contributed by atoms with Crippen LogP contribution in [-0.2, 0) is 5.54 Å². The van der Waals surface area contributed by atoms with E-state index in [1.165, 1.54) is 18.2 Å². The van der Waals surface area contributed by atoms with E-state index >= 15 is 0 Å². The summed E-state index contributed by atoms with van der Waals surface area (Å²) in [4.78, 5) is 18.1. The van der Waals surface area contributed by atoms with E-state index in [9.17, 15) is 4.79 Å². The minimum atomic E-state index is -0.157. The van der Waals surface area contributed by atoms with Crippen molar-refractivity contribution in [2.45, 2.75) is 25.3 Å². The van der Waals surface area contributed by atoms with E-state index in [2.05, 4.69) is 34.3 Å². The number of hydrogen-bond acceptors (Lipinski definition) is 3. The number of hydrogen-bond donors (Lipinski definition) is 2. The Morgan fingerprint density at radius 2 is 2.29 bits per heavy atom. The summed E-state index contributed by atoms with van der Waals surface area (Å²) in [5, 5.41) is 3.53. The van der Waals surface area contributed by atoms with Crippen LogP contribution in [-0.4, -0.2) is 16.5 Å². The van der Waals surface area contributed by atoms with E-state index in [0.717, 1.165) is 24.0 Å². The standard InChI is InChI=1S/C13H15N3O/c1-13(5-2-6-15-13)9-3-4-10-11(7-9)14-8-12(17)16-10/h3-4,7-8,15H,2,5-6H2,1H3,(H,16,17). The van der Waals surface area contributed by atoms with Gasteiger partial charge in [0.1, 0.15) is 0 Å². The molecule has 0 aliphatic carbocycles. The van der Waals surface area contributed by atoms with Gasteiger partial charge in [0.2, 0.25) is 0 Å². The van der Waals surface area contributed by atoms with Crippen molar-refractivity contribution in [3.63, 3.8) is 0 Å². The number of nitrogens with one attached hydrogen (secondary N) is 2. The lowest BCUT2D eigenvalue weighted by atomic mass is 9.90. The molecule has 2 aromatic rings. The summed E-state index contributed by atoms with van der Waals surface area (Å²) in [5.41, 5.74) is 2.77. The summed E-state index contributed by atoms with van der Waals surface area (Å²) in [6.07, 6.45) is 3.67. The van der Waals surface area contributed by atoms with Crippen LogP contribution in [0.25, 0.3) is 11.0 Å². The Bertz CT molecular complexity index is 611. The largest absolute Gasteiger partial charge is 0.319 e. The van der Waals surface area contributed by atoms with Gasteiger partial charge in [-0.15, -0.1) is 0 Å². The monoisotopic (exact) mass is 229 g/mol. The van der Waals surface area contributed by atoms with Crippen molar-refractivity contribution in [3.8, 4) is 0 Å². The topological polar surface area (TPSA) is 57.8 Å². The minimum Gasteiger partial charge on any atom is -0.319 e. The van der Waals surface area contributed by atoms with Crippen LogP contribution in [0.3, 0.4) is 0 Å². The first-order valence-corrected chi connectivity index (χ1v) is 5.92. The van der Waals surface area contributed by atoms with Gasteiger partial charge in [0.05, 0.1) is 17.2 Å². The highest BCUT2D eigenvalue weighted by Gasteiger charge is 2.29. The highest BCUT2D eigenvalue weighted by molar-refractivity contribution is 5.74. The average Bonchev–Trinajstić information content (AvgIpc) is 2.77. The highest BCUT2D eigenvalue weighted by atomic mass is 16.1. The zero-order valence-electron chi connectivity index (χ0n) is 9.79. The van der Waals surface area contributed by atoms with Crippen LogP contribution in [0.4, 0.5) is 0 Å². The van der Waals surface area contributed by atoms with Gasteiger partial charge in [-0.1, -0.05) is 6.07 Å². The van der Waals surface area contributed by atoms with Crippen molar-refractivity contribution in [2.75, 3.05) is 6.54 Å². The fourth-order valence-electron chi connectivity index (χ4n) is 2.52. The van der Waals surface area contributed by atoms with Crippen molar-refractivity contribution in [1.82, 2.24) is 15.3 Å². The fraction of sp³-hybridized carbons (Fsp3) is 0.385. The summed E-state index contributed by atoms with van der Waals surface area (Å²) in [6.45, 7) is 3.28. The Morgan fingerprint density at radius 3 is 3.06 bits per heavy atom. The first kappa shape index (κ1) is 10.5. The normalized spacial score (nSPS) is 24.3. The van der Waals surface area contributed by atoms with E-state index in [1.807, 2.05) is 6.07 Å². The molecule has 0 bridgehead atoms. The van der Waals surface area contributed by atoms with Crippen LogP contribution in [0.1, 0.15) is 25.3 Å². The van der Waals surface area contributed by atoms with Crippen LogP contribution in [0, 0.1) is 0 Å². The number of nitrogens with zero attached hydrogens (tertiary/aromatic N) is 1. The van der Waals surface area contributed by atoms with E-state index in [-0.39, 0.29) is 11.1 Å². The van der Waals surface area contributed by atoms with E-state index < -0.39 is 0 Å². The molecule has 1 aliphatic heterocycles. The molecule has 2 heterocycles. The SMILES string of the molecule is CC1(c2ccc3[nH]c(=O)cnc3c2)CCCN1. The lowest BCUT2D eigenvalue weighted by Crippen LogP contribution is -2.33. The Kier molecular flexibility index (Phi) is 2.26. The number of rotatable bonds is 1. The Hall–Kier alpha value is -1.68. The van der Waals surface area contributed by atoms with Crippen molar-refractivity contribution in [2.24, 2.45) is 0 Å². The second-order valence-corrected chi connectivity index (χ2v) is 4.84. The van der Waals surface area contributed by atoms with E-state index in [1.54, 1.807) is 0 Å². The number of aromatic nitrogens is 2. The molecule has 1 aromatic heterocycles. The first-order valence-electron chi connectivity index (χ1n) is 5.92. The van der Waals surface area contributed by atoms with Gasteiger partial charge < -0.3 is 10.3 Å². The number of aromatic amines is 1. The maximum atomic E-state index is 11.2. The lowest BCUT2D eigenvalue weighted by molar-refractivity contribution is 0.435. The molecule has 0 amide bonds. The molecule has 4 heteroatoms. The smallest absolute Gasteiger partial charge is 0.266 e. The van der Waals surface area contributed by atoms with Gasteiger partial charge in [-0.2, -0.15) is 0 Å². The Morgan fingerprint density at radius 1 is 1.41 bits per heavy atom. The van der Waals surface area contributed by atoms with Gasteiger partial charge in [0.15, 0.2) is 0 Å². The molecule has 0 spiro atoms. The van der Waals surface area contributed by atoms with Crippen LogP contribution in [0.2, 0.25) is 0 Å². The molecule has 1 aliphatic rings. The van der Waals surface area contributed by atoms with Gasteiger partial charge in [0.25, 0.3) is 5.56 Å². The molecule has 1 unspecified atom stereocenters. The Labute approximate surface area is 99.1 Å². The maximum Gasteiger partial charge on any atom is 0.266 e.